The molecule has 0 amide bonds. The maximum atomic E-state index is 10.0. The Labute approximate surface area is 150 Å². The van der Waals surface area contributed by atoms with E-state index < -0.39 is 6.10 Å². The van der Waals surface area contributed by atoms with Gasteiger partial charge in [0.05, 0.1) is 19.3 Å². The second kappa shape index (κ2) is 10.4. The molecule has 1 saturated heterocycles. The van der Waals surface area contributed by atoms with Gasteiger partial charge in [-0.2, -0.15) is 0 Å². The number of hydrogen-bond acceptors (Lipinski definition) is 4. The van der Waals surface area contributed by atoms with E-state index in [-0.39, 0.29) is 18.5 Å². The number of benzene rings is 1. The molecule has 0 aliphatic carbocycles. The zero-order chi connectivity index (χ0) is 17.4. The van der Waals surface area contributed by atoms with Gasteiger partial charge in [-0.3, -0.25) is 0 Å². The molecule has 2 rings (SSSR count). The van der Waals surface area contributed by atoms with E-state index in [0.717, 1.165) is 18.4 Å². The molecule has 1 heterocycles. The van der Waals surface area contributed by atoms with Crippen LogP contribution in [0.2, 0.25) is 5.02 Å². The maximum Gasteiger partial charge on any atom is 0.158 e. The SMILES string of the molecule is CCCCCC[C@H]1OC[C@@H](OCc2ccccc2Cl)[C@@H](C(C)O)O1. The van der Waals surface area contributed by atoms with Gasteiger partial charge in [0.25, 0.3) is 0 Å². The van der Waals surface area contributed by atoms with Crippen molar-refractivity contribution in [1.82, 2.24) is 0 Å². The summed E-state index contributed by atoms with van der Waals surface area (Å²) in [5, 5.41) is 10.7. The Morgan fingerprint density at radius 2 is 2.08 bits per heavy atom. The van der Waals surface area contributed by atoms with Crippen molar-refractivity contribution in [3.05, 3.63) is 34.9 Å². The molecule has 0 bridgehead atoms. The smallest absolute Gasteiger partial charge is 0.158 e. The number of hydrogen-bond donors (Lipinski definition) is 1. The van der Waals surface area contributed by atoms with Crippen LogP contribution in [0.25, 0.3) is 0 Å². The lowest BCUT2D eigenvalue weighted by Gasteiger charge is -2.38. The van der Waals surface area contributed by atoms with Crippen molar-refractivity contribution in [1.29, 1.82) is 0 Å². The Kier molecular flexibility index (Phi) is 8.50. The van der Waals surface area contributed by atoms with E-state index in [1.54, 1.807) is 6.92 Å². The Hall–Kier alpha value is -0.650. The van der Waals surface area contributed by atoms with Gasteiger partial charge < -0.3 is 19.3 Å². The van der Waals surface area contributed by atoms with Crippen LogP contribution in [0, 0.1) is 0 Å². The van der Waals surface area contributed by atoms with Crippen LogP contribution in [0.1, 0.15) is 51.5 Å². The molecule has 1 N–H and O–H groups in total. The van der Waals surface area contributed by atoms with E-state index >= 15 is 0 Å². The van der Waals surface area contributed by atoms with Gasteiger partial charge in [0.2, 0.25) is 0 Å². The van der Waals surface area contributed by atoms with Crippen LogP contribution in [0.4, 0.5) is 0 Å². The van der Waals surface area contributed by atoms with Crippen molar-refractivity contribution in [3.63, 3.8) is 0 Å². The zero-order valence-corrected chi connectivity index (χ0v) is 15.4. The molecule has 136 valence electrons. The zero-order valence-electron chi connectivity index (χ0n) is 14.6. The molecule has 4 nitrogen and oxygen atoms in total. The average molecular weight is 357 g/mol. The first kappa shape index (κ1) is 19.7. The standard InChI is InChI=1S/C19H29ClO4/c1-3-4-5-6-11-18-23-13-17(19(24-18)14(2)21)22-12-15-9-7-8-10-16(15)20/h7-10,14,17-19,21H,3-6,11-13H2,1-2H3/t14?,17-,18+,19-/m1/s1. The lowest BCUT2D eigenvalue weighted by molar-refractivity contribution is -0.281. The van der Waals surface area contributed by atoms with Gasteiger partial charge in [0, 0.05) is 5.02 Å². The summed E-state index contributed by atoms with van der Waals surface area (Å²) in [6, 6.07) is 7.59. The summed E-state index contributed by atoms with van der Waals surface area (Å²) < 4.78 is 17.6. The molecule has 4 atom stereocenters. The van der Waals surface area contributed by atoms with Crippen molar-refractivity contribution in [2.45, 2.75) is 77.2 Å². The van der Waals surface area contributed by atoms with Gasteiger partial charge in [0.1, 0.15) is 12.2 Å². The molecule has 1 fully saturated rings. The number of ether oxygens (including phenoxy) is 3. The second-order valence-corrected chi connectivity index (χ2v) is 6.80. The van der Waals surface area contributed by atoms with Crippen LogP contribution in [0.15, 0.2) is 24.3 Å². The third-order valence-corrected chi connectivity index (χ3v) is 4.67. The number of unbranched alkanes of at least 4 members (excludes halogenated alkanes) is 3. The number of halogens is 1. The van der Waals surface area contributed by atoms with E-state index in [9.17, 15) is 5.11 Å². The Morgan fingerprint density at radius 3 is 2.79 bits per heavy atom. The second-order valence-electron chi connectivity index (χ2n) is 6.39. The third kappa shape index (κ3) is 6.01. The minimum Gasteiger partial charge on any atom is -0.391 e. The molecule has 0 aromatic heterocycles. The monoisotopic (exact) mass is 356 g/mol. The molecule has 0 spiro atoms. The maximum absolute atomic E-state index is 10.0. The van der Waals surface area contributed by atoms with E-state index in [0.29, 0.717) is 18.2 Å². The molecule has 24 heavy (non-hydrogen) atoms. The van der Waals surface area contributed by atoms with Crippen molar-refractivity contribution in [2.75, 3.05) is 6.61 Å². The highest BCUT2D eigenvalue weighted by molar-refractivity contribution is 6.31. The highest BCUT2D eigenvalue weighted by atomic mass is 35.5. The first-order valence-electron chi connectivity index (χ1n) is 8.92. The summed E-state index contributed by atoms with van der Waals surface area (Å²) >= 11 is 6.16. The Bertz CT molecular complexity index is 480. The van der Waals surface area contributed by atoms with Crippen LogP contribution in [0.3, 0.4) is 0 Å². The first-order valence-corrected chi connectivity index (χ1v) is 9.29. The van der Waals surface area contributed by atoms with E-state index in [4.69, 9.17) is 25.8 Å². The first-order chi connectivity index (χ1) is 11.6. The molecule has 1 unspecified atom stereocenters. The third-order valence-electron chi connectivity index (χ3n) is 4.30. The summed E-state index contributed by atoms with van der Waals surface area (Å²) in [5.74, 6) is 0. The van der Waals surface area contributed by atoms with Crippen molar-refractivity contribution in [3.8, 4) is 0 Å². The van der Waals surface area contributed by atoms with E-state index in [2.05, 4.69) is 6.92 Å². The predicted octanol–water partition coefficient (Wildman–Crippen LogP) is 4.32. The van der Waals surface area contributed by atoms with Gasteiger partial charge in [-0.15, -0.1) is 0 Å². The largest absolute Gasteiger partial charge is 0.391 e. The topological polar surface area (TPSA) is 47.9 Å². The average Bonchev–Trinajstić information content (AvgIpc) is 2.58. The molecule has 0 radical (unpaired) electrons. The van der Waals surface area contributed by atoms with Gasteiger partial charge in [-0.25, -0.2) is 0 Å². The molecular formula is C19H29ClO4. The van der Waals surface area contributed by atoms with Gasteiger partial charge in [0.15, 0.2) is 6.29 Å². The summed E-state index contributed by atoms with van der Waals surface area (Å²) in [4.78, 5) is 0. The lowest BCUT2D eigenvalue weighted by Crippen LogP contribution is -2.50. The summed E-state index contributed by atoms with van der Waals surface area (Å²) in [6.07, 6.45) is 4.04. The Morgan fingerprint density at radius 1 is 1.29 bits per heavy atom. The highest BCUT2D eigenvalue weighted by Gasteiger charge is 2.35. The molecule has 1 aromatic carbocycles. The minimum atomic E-state index is -0.608. The van der Waals surface area contributed by atoms with Crippen LogP contribution >= 0.6 is 11.6 Å². The number of aliphatic hydroxyl groups excluding tert-OH is 1. The van der Waals surface area contributed by atoms with Crippen molar-refractivity contribution >= 4 is 11.6 Å². The van der Waals surface area contributed by atoms with E-state index in [1.165, 1.54) is 19.3 Å². The molecule has 1 aliphatic rings. The molecule has 1 aliphatic heterocycles. The minimum absolute atomic E-state index is 0.249. The molecule has 5 heteroatoms. The lowest BCUT2D eigenvalue weighted by atomic mass is 10.1. The summed E-state index contributed by atoms with van der Waals surface area (Å²) in [7, 11) is 0. The van der Waals surface area contributed by atoms with Crippen LogP contribution in [0.5, 0.6) is 0 Å². The van der Waals surface area contributed by atoms with E-state index in [1.807, 2.05) is 24.3 Å². The fraction of sp³-hybridized carbons (Fsp3) is 0.684. The number of rotatable bonds is 9. The van der Waals surface area contributed by atoms with Gasteiger partial charge in [-0.05, 0) is 31.4 Å². The van der Waals surface area contributed by atoms with Gasteiger partial charge >= 0.3 is 0 Å². The normalized spacial score (nSPS) is 25.6. The molecule has 1 aromatic rings. The molecule has 0 saturated carbocycles. The van der Waals surface area contributed by atoms with Gasteiger partial charge in [-0.1, -0.05) is 56.0 Å². The molecular weight excluding hydrogens is 328 g/mol. The summed E-state index contributed by atoms with van der Waals surface area (Å²) in [6.45, 7) is 4.73. The highest BCUT2D eigenvalue weighted by Crippen LogP contribution is 2.24. The van der Waals surface area contributed by atoms with Crippen LogP contribution in [-0.4, -0.2) is 36.3 Å². The van der Waals surface area contributed by atoms with Crippen LogP contribution < -0.4 is 0 Å². The predicted molar refractivity (Wildman–Crippen MR) is 95.1 cm³/mol. The van der Waals surface area contributed by atoms with Crippen LogP contribution in [-0.2, 0) is 20.8 Å². The van der Waals surface area contributed by atoms with Crippen molar-refractivity contribution < 1.29 is 19.3 Å². The quantitative estimate of drug-likeness (QED) is 0.669. The fourth-order valence-electron chi connectivity index (χ4n) is 2.87. The number of aliphatic hydroxyl groups is 1. The fourth-order valence-corrected chi connectivity index (χ4v) is 3.06. The van der Waals surface area contributed by atoms with Crippen molar-refractivity contribution in [2.24, 2.45) is 0 Å². The Balaban J connectivity index is 1.83. The summed E-state index contributed by atoms with van der Waals surface area (Å²) in [5.41, 5.74) is 0.921.